The molecule has 0 radical (unpaired) electrons. The number of pyridine rings is 1. The van der Waals surface area contributed by atoms with Gasteiger partial charge in [-0.3, -0.25) is 13.9 Å². The summed E-state index contributed by atoms with van der Waals surface area (Å²) < 4.78 is 9.63. The molecule has 1 aliphatic heterocycles. The normalized spacial score (nSPS) is 16.9. The SMILES string of the molecule is C[C@@H](Nc1ncnc2c1ncn2C1CCCCO1)c1cc2cccc(Cl)c2c(=O)n1-c1ccccc1. The van der Waals surface area contributed by atoms with Crippen molar-refractivity contribution in [2.24, 2.45) is 0 Å². The highest BCUT2D eigenvalue weighted by Crippen LogP contribution is 2.30. The lowest BCUT2D eigenvalue weighted by Crippen LogP contribution is -2.26. The molecular weight excluding hydrogens is 476 g/mol. The largest absolute Gasteiger partial charge is 0.360 e. The molecular formula is C27H25ClN6O2. The molecule has 3 aromatic heterocycles. The number of hydrogen-bond acceptors (Lipinski definition) is 6. The Hall–Kier alpha value is -3.75. The van der Waals surface area contributed by atoms with Crippen molar-refractivity contribution in [1.29, 1.82) is 0 Å². The van der Waals surface area contributed by atoms with Crippen LogP contribution in [0.3, 0.4) is 0 Å². The van der Waals surface area contributed by atoms with Gasteiger partial charge < -0.3 is 10.1 Å². The fourth-order valence-corrected chi connectivity index (χ4v) is 5.15. The van der Waals surface area contributed by atoms with Gasteiger partial charge in [-0.25, -0.2) is 15.0 Å². The number of benzene rings is 2. The molecule has 0 amide bonds. The third kappa shape index (κ3) is 3.92. The van der Waals surface area contributed by atoms with Crippen LogP contribution in [0.5, 0.6) is 0 Å². The second-order valence-electron chi connectivity index (χ2n) is 8.98. The topological polar surface area (TPSA) is 86.9 Å². The third-order valence-electron chi connectivity index (χ3n) is 6.66. The van der Waals surface area contributed by atoms with Crippen LogP contribution in [0.2, 0.25) is 5.02 Å². The van der Waals surface area contributed by atoms with Gasteiger partial charge in [0, 0.05) is 18.0 Å². The Morgan fingerprint density at radius 3 is 2.75 bits per heavy atom. The Labute approximate surface area is 212 Å². The van der Waals surface area contributed by atoms with Gasteiger partial charge in [0.1, 0.15) is 12.6 Å². The molecule has 0 bridgehead atoms. The minimum Gasteiger partial charge on any atom is -0.360 e. The van der Waals surface area contributed by atoms with Gasteiger partial charge in [0.25, 0.3) is 5.56 Å². The number of fused-ring (bicyclic) bond motifs is 2. The average Bonchev–Trinajstić information content (AvgIpc) is 3.35. The zero-order chi connectivity index (χ0) is 24.6. The van der Waals surface area contributed by atoms with E-state index in [1.807, 2.05) is 60.0 Å². The van der Waals surface area contributed by atoms with Gasteiger partial charge in [0.15, 0.2) is 17.0 Å². The van der Waals surface area contributed by atoms with Crippen LogP contribution in [-0.4, -0.2) is 30.7 Å². The Kier molecular flexibility index (Phi) is 5.91. The van der Waals surface area contributed by atoms with E-state index in [2.05, 4.69) is 20.3 Å². The Bertz CT molecular complexity index is 1610. The number of hydrogen-bond donors (Lipinski definition) is 1. The number of anilines is 1. The standard InChI is InChI=1S/C27H25ClN6O2/c1-17(32-25-24-26(30-15-29-25)33(16-31-24)22-12-5-6-13-36-22)21-14-18-8-7-11-20(28)23(18)27(35)34(21)19-9-3-2-4-10-19/h2-4,7-11,14-17,22H,5-6,12-13H2,1H3,(H,29,30,32)/t17-,22?/m1/s1. The van der Waals surface area contributed by atoms with Crippen molar-refractivity contribution >= 4 is 39.4 Å². The van der Waals surface area contributed by atoms with Gasteiger partial charge in [-0.2, -0.15) is 0 Å². The molecule has 0 saturated carbocycles. The number of rotatable bonds is 5. The first-order valence-corrected chi connectivity index (χ1v) is 12.4. The van der Waals surface area contributed by atoms with Crippen molar-refractivity contribution < 1.29 is 4.74 Å². The summed E-state index contributed by atoms with van der Waals surface area (Å²) in [6.07, 6.45) is 6.34. The summed E-state index contributed by atoms with van der Waals surface area (Å²) in [5.74, 6) is 0.598. The lowest BCUT2D eigenvalue weighted by molar-refractivity contribution is -0.0298. The van der Waals surface area contributed by atoms with Gasteiger partial charge in [-0.1, -0.05) is 41.9 Å². The monoisotopic (exact) mass is 500 g/mol. The molecule has 182 valence electrons. The van der Waals surface area contributed by atoms with Crippen LogP contribution < -0.4 is 10.9 Å². The fraction of sp³-hybridized carbons (Fsp3) is 0.259. The predicted octanol–water partition coefficient (Wildman–Crippen LogP) is 5.66. The first-order chi connectivity index (χ1) is 17.6. The number of para-hydroxylation sites is 1. The summed E-state index contributed by atoms with van der Waals surface area (Å²) in [4.78, 5) is 27.3. The van der Waals surface area contributed by atoms with Crippen molar-refractivity contribution in [3.8, 4) is 5.69 Å². The number of nitrogens with one attached hydrogen (secondary N) is 1. The summed E-state index contributed by atoms with van der Waals surface area (Å²) in [7, 11) is 0. The van der Waals surface area contributed by atoms with Crippen LogP contribution in [0, 0.1) is 0 Å². The maximum atomic E-state index is 13.7. The maximum absolute atomic E-state index is 13.7. The summed E-state index contributed by atoms with van der Waals surface area (Å²) in [5.41, 5.74) is 2.76. The minimum atomic E-state index is -0.282. The number of aromatic nitrogens is 5. The summed E-state index contributed by atoms with van der Waals surface area (Å²) in [6, 6.07) is 16.8. The molecule has 1 fully saturated rings. The van der Waals surface area contributed by atoms with E-state index in [0.717, 1.165) is 48.3 Å². The molecule has 1 unspecified atom stereocenters. The van der Waals surface area contributed by atoms with Crippen molar-refractivity contribution in [2.75, 3.05) is 11.9 Å². The number of imidazole rings is 1. The Morgan fingerprint density at radius 2 is 1.94 bits per heavy atom. The van der Waals surface area contributed by atoms with Crippen molar-refractivity contribution in [3.05, 3.63) is 88.3 Å². The van der Waals surface area contributed by atoms with E-state index < -0.39 is 0 Å². The second kappa shape index (κ2) is 9.37. The first-order valence-electron chi connectivity index (χ1n) is 12.1. The molecule has 6 rings (SSSR count). The van der Waals surface area contributed by atoms with Gasteiger partial charge in [-0.05, 0) is 55.8 Å². The van der Waals surface area contributed by atoms with E-state index in [1.54, 1.807) is 17.0 Å². The van der Waals surface area contributed by atoms with Gasteiger partial charge in [-0.15, -0.1) is 0 Å². The van der Waals surface area contributed by atoms with E-state index >= 15 is 0 Å². The fourth-order valence-electron chi connectivity index (χ4n) is 4.89. The summed E-state index contributed by atoms with van der Waals surface area (Å²) >= 11 is 6.45. The maximum Gasteiger partial charge on any atom is 0.264 e. The Balaban J connectivity index is 1.44. The molecule has 5 aromatic rings. The number of halogens is 1. The van der Waals surface area contributed by atoms with Crippen LogP contribution in [0.15, 0.2) is 72.0 Å². The number of nitrogens with zero attached hydrogens (tertiary/aromatic N) is 5. The molecule has 9 heteroatoms. The zero-order valence-electron chi connectivity index (χ0n) is 19.8. The molecule has 1 aliphatic rings. The lowest BCUT2D eigenvalue weighted by atomic mass is 10.1. The molecule has 0 aliphatic carbocycles. The molecule has 1 N–H and O–H groups in total. The highest BCUT2D eigenvalue weighted by Gasteiger charge is 2.22. The van der Waals surface area contributed by atoms with E-state index in [0.29, 0.717) is 21.7 Å². The first kappa shape index (κ1) is 22.7. The summed E-state index contributed by atoms with van der Waals surface area (Å²) in [5, 5.41) is 5.19. The molecule has 4 heterocycles. The predicted molar refractivity (Wildman–Crippen MR) is 141 cm³/mol. The Morgan fingerprint density at radius 1 is 1.08 bits per heavy atom. The molecule has 36 heavy (non-hydrogen) atoms. The second-order valence-corrected chi connectivity index (χ2v) is 9.39. The van der Waals surface area contributed by atoms with Crippen LogP contribution in [0.1, 0.15) is 44.1 Å². The molecule has 1 saturated heterocycles. The number of ether oxygens (including phenoxy) is 1. The van der Waals surface area contributed by atoms with E-state index in [4.69, 9.17) is 16.3 Å². The van der Waals surface area contributed by atoms with Gasteiger partial charge in [0.05, 0.1) is 22.8 Å². The molecule has 2 atom stereocenters. The van der Waals surface area contributed by atoms with Crippen LogP contribution in [0.25, 0.3) is 27.6 Å². The minimum absolute atomic E-state index is 0.0718. The lowest BCUT2D eigenvalue weighted by Gasteiger charge is -2.24. The summed E-state index contributed by atoms with van der Waals surface area (Å²) in [6.45, 7) is 2.74. The average molecular weight is 501 g/mol. The highest BCUT2D eigenvalue weighted by atomic mass is 35.5. The van der Waals surface area contributed by atoms with E-state index in [-0.39, 0.29) is 17.8 Å². The van der Waals surface area contributed by atoms with Crippen molar-refractivity contribution in [3.63, 3.8) is 0 Å². The smallest absolute Gasteiger partial charge is 0.264 e. The van der Waals surface area contributed by atoms with E-state index in [9.17, 15) is 4.79 Å². The van der Waals surface area contributed by atoms with Gasteiger partial charge >= 0.3 is 0 Å². The van der Waals surface area contributed by atoms with E-state index in [1.165, 1.54) is 6.33 Å². The highest BCUT2D eigenvalue weighted by molar-refractivity contribution is 6.35. The van der Waals surface area contributed by atoms with Crippen molar-refractivity contribution in [2.45, 2.75) is 38.5 Å². The third-order valence-corrected chi connectivity index (χ3v) is 6.98. The molecule has 8 nitrogen and oxygen atoms in total. The van der Waals surface area contributed by atoms with Crippen LogP contribution in [0.4, 0.5) is 5.82 Å². The molecule has 2 aromatic carbocycles. The van der Waals surface area contributed by atoms with Crippen LogP contribution in [-0.2, 0) is 4.74 Å². The quantitative estimate of drug-likeness (QED) is 0.335. The molecule has 0 spiro atoms. The zero-order valence-corrected chi connectivity index (χ0v) is 20.5. The van der Waals surface area contributed by atoms with Crippen molar-refractivity contribution in [1.82, 2.24) is 24.1 Å². The van der Waals surface area contributed by atoms with Gasteiger partial charge in [0.2, 0.25) is 0 Å². The van der Waals surface area contributed by atoms with Crippen LogP contribution >= 0.6 is 11.6 Å².